The van der Waals surface area contributed by atoms with Crippen molar-refractivity contribution in [2.75, 3.05) is 45.1 Å². The molecule has 0 saturated carbocycles. The molecule has 0 amide bonds. The van der Waals surface area contributed by atoms with Crippen molar-refractivity contribution in [2.45, 2.75) is 101 Å². The summed E-state index contributed by atoms with van der Waals surface area (Å²) in [7, 11) is -1.03. The summed E-state index contributed by atoms with van der Waals surface area (Å²) in [5, 5.41) is 32.5. The summed E-state index contributed by atoms with van der Waals surface area (Å²) >= 11 is 0. The van der Waals surface area contributed by atoms with Crippen LogP contribution in [0.1, 0.15) is 63.6 Å². The Morgan fingerprint density at radius 1 is 0.853 bits per heavy atom. The van der Waals surface area contributed by atoms with Crippen molar-refractivity contribution < 1.29 is 43.3 Å². The van der Waals surface area contributed by atoms with E-state index in [1.807, 2.05) is 111 Å². The predicted octanol–water partition coefficient (Wildman–Crippen LogP) is 4.85. The van der Waals surface area contributed by atoms with Crippen LogP contribution in [-0.4, -0.2) is 129 Å². The fourth-order valence-corrected chi connectivity index (χ4v) is 14.2. The van der Waals surface area contributed by atoms with Crippen LogP contribution in [0.15, 0.2) is 115 Å². The number of ether oxygens (including phenoxy) is 5. The first-order valence-corrected chi connectivity index (χ1v) is 26.6. The topological polar surface area (TPSA) is 302 Å². The Kier molecular flexibility index (Phi) is 15.1. The molecule has 3 aromatic carbocycles. The van der Waals surface area contributed by atoms with Gasteiger partial charge in [0.25, 0.3) is 0 Å². The number of nitrogens with two attached hydrogens (primary N) is 2. The van der Waals surface area contributed by atoms with Crippen LogP contribution in [0.4, 0.5) is 11.8 Å². The normalized spacial score (nSPS) is 22.5. The summed E-state index contributed by atoms with van der Waals surface area (Å²) < 4.78 is 46.0. The van der Waals surface area contributed by atoms with Gasteiger partial charge in [0.15, 0.2) is 0 Å². The summed E-state index contributed by atoms with van der Waals surface area (Å²) in [6.07, 6.45) is 2.19. The Balaban J connectivity index is 1.33. The molecule has 6 atom stereocenters. The van der Waals surface area contributed by atoms with Gasteiger partial charge in [0.2, 0.25) is 0 Å². The van der Waals surface area contributed by atoms with Crippen molar-refractivity contribution in [3.63, 3.8) is 0 Å². The van der Waals surface area contributed by atoms with E-state index >= 15 is 0 Å². The van der Waals surface area contributed by atoms with Gasteiger partial charge in [0.1, 0.15) is 0 Å². The van der Waals surface area contributed by atoms with E-state index in [4.69, 9.17) is 39.7 Å². The first kappa shape index (κ1) is 52.9. The second kappa shape index (κ2) is 21.4. The zero-order valence-corrected chi connectivity index (χ0v) is 43.5. The second-order valence-corrected chi connectivity index (χ2v) is 21.8. The molecule has 0 unspecified atom stereocenters. The van der Waals surface area contributed by atoms with E-state index in [9.17, 15) is 25.2 Å². The number of allylic oxidation sites excluding steroid dienone is 2. The summed E-state index contributed by atoms with van der Waals surface area (Å²) in [6, 6.07) is 26.4. The van der Waals surface area contributed by atoms with Gasteiger partial charge in [-0.25, -0.2) is 0 Å². The number of anilines is 2. The van der Waals surface area contributed by atoms with Crippen LogP contribution < -0.4 is 26.5 Å². The number of nitrogens with zero attached hydrogens (tertiary/aromatic N) is 9. The van der Waals surface area contributed by atoms with Gasteiger partial charge in [0, 0.05) is 0 Å². The fraction of sp³-hybridized carbons (Fsp3) is 0.404. The number of imidazole rings is 2. The number of methoxy groups -OCH3 is 2. The number of H-pyrrole nitrogens is 1. The molecule has 8 N–H and O–H groups in total. The van der Waals surface area contributed by atoms with Crippen molar-refractivity contribution in [2.24, 2.45) is 0 Å². The minimum absolute atomic E-state index is 0.0323. The number of hydrogen-bond donors (Lipinski definition) is 6. The van der Waals surface area contributed by atoms with Gasteiger partial charge in [0.05, 0.1) is 0 Å². The van der Waals surface area contributed by atoms with Crippen molar-refractivity contribution in [3.05, 3.63) is 137 Å². The monoisotopic (exact) mass is 1050 g/mol. The molecule has 22 nitrogen and oxygen atoms in total. The molecule has 4 aromatic heterocycles. The zero-order valence-electron chi connectivity index (χ0n) is 42.5. The molecular formula is C52H63N12O10P. The van der Waals surface area contributed by atoms with Crippen LogP contribution in [0.2, 0.25) is 0 Å². The minimum atomic E-state index is -4.21. The first-order chi connectivity index (χ1) is 36.1. The van der Waals surface area contributed by atoms with Crippen LogP contribution in [0.3, 0.4) is 0 Å². The van der Waals surface area contributed by atoms with Crippen molar-refractivity contribution in [3.8, 4) is 17.6 Å². The molecule has 0 spiro atoms. The van der Waals surface area contributed by atoms with Crippen LogP contribution in [0.25, 0.3) is 22.3 Å². The number of rotatable bonds is 20. The average Bonchev–Trinajstić information content (AvgIpc) is 4.21. The molecular weight excluding hydrogens is 984 g/mol. The summed E-state index contributed by atoms with van der Waals surface area (Å²) in [4.78, 5) is 52.3. The quantitative estimate of drug-likeness (QED) is 0.0338. The van der Waals surface area contributed by atoms with E-state index in [0.717, 1.165) is 5.56 Å². The number of aromatic amines is 1. The molecule has 0 radical (unpaired) electrons. The Labute approximate surface area is 433 Å². The Bertz CT molecular complexity index is 3190. The Morgan fingerprint density at radius 3 is 2.03 bits per heavy atom. The Hall–Kier alpha value is -6.90. The first-order valence-electron chi connectivity index (χ1n) is 24.6. The molecule has 2 aliphatic rings. The van der Waals surface area contributed by atoms with Crippen molar-refractivity contribution in [1.29, 1.82) is 5.26 Å². The second-order valence-electron chi connectivity index (χ2n) is 19.2. The number of nitrogens with one attached hydrogen (secondary N) is 1. The van der Waals surface area contributed by atoms with Crippen LogP contribution in [0, 0.1) is 11.3 Å². The molecule has 2 saturated heterocycles. The third kappa shape index (κ3) is 9.38. The molecule has 23 heteroatoms. The number of nitrogen functional groups attached to an aromatic ring is 2. The van der Waals surface area contributed by atoms with Crippen molar-refractivity contribution in [1.82, 2.24) is 43.7 Å². The Morgan fingerprint density at radius 2 is 1.44 bits per heavy atom. The number of nitriles is 1. The number of fused-ring (bicyclic) bond motifs is 2. The number of aromatic nitrogens is 8. The SMILES string of the molecule is COc1ccc(C(OC[C@H]2O[C@](n3cnc4c(=O)[nH]c(N)nc43)([C@]3(n4cnc5c(N)ncnc54)C[C@H](O)[C@@H](CO)O3)C[C@@H]2O[PH](O)(CC=CCC#N)N(C(C)C)C(C)C)(c2ccccc2)c2ccc(OC)cc2)cc1. The van der Waals surface area contributed by atoms with E-state index < -0.39 is 61.5 Å². The van der Waals surface area contributed by atoms with Gasteiger partial charge < -0.3 is 0 Å². The van der Waals surface area contributed by atoms with E-state index in [2.05, 4.69) is 36.0 Å². The maximum absolute atomic E-state index is 13.7. The molecule has 396 valence electrons. The van der Waals surface area contributed by atoms with E-state index in [1.165, 1.54) is 23.5 Å². The van der Waals surface area contributed by atoms with Gasteiger partial charge in [-0.15, -0.1) is 0 Å². The third-order valence-corrected chi connectivity index (χ3v) is 17.4. The molecule has 9 rings (SSSR count). The van der Waals surface area contributed by atoms with Crippen molar-refractivity contribution >= 4 is 42.0 Å². The number of aliphatic hydroxyl groups excluding tert-OH is 2. The molecule has 75 heavy (non-hydrogen) atoms. The summed E-state index contributed by atoms with van der Waals surface area (Å²) in [5.41, 5.74) is 9.03. The molecule has 6 heterocycles. The summed E-state index contributed by atoms with van der Waals surface area (Å²) in [6.45, 7) is 6.96. The van der Waals surface area contributed by atoms with Gasteiger partial charge in [-0.1, -0.05) is 0 Å². The standard InChI is InChI=1S/C52H63N12O10P/c1-32(2)64(33(3)4)75(68,24-12-8-11-23-53)74-40-26-51(63-31-59-44-47(63)60-49(55)61-48(44)67,50(25-39(66)41(27-65)72-50)62-30-58-43-45(54)56-29-57-46(43)62)73-42(40)28-71-52(34-13-9-7-10-14-34,35-15-19-37(69-5)20-16-35)36-17-21-38(70-6)22-18-36/h7-10,12-22,29-33,39-42,65-66,68,75H,11,24-28H2,1-6H3,(H2,54,56,57)(H3,55,60,61,67)/t39-,40-,41+,42+,50-,51-/m0/s1. The molecule has 0 aliphatic carbocycles. The maximum atomic E-state index is 13.7. The number of aliphatic hydroxyl groups is 2. The van der Waals surface area contributed by atoms with Crippen LogP contribution in [0.5, 0.6) is 11.5 Å². The molecule has 2 fully saturated rings. The average molecular weight is 1050 g/mol. The summed E-state index contributed by atoms with van der Waals surface area (Å²) in [5.74, 6) is 1.04. The van der Waals surface area contributed by atoms with Crippen LogP contribution >= 0.6 is 7.87 Å². The molecule has 0 bridgehead atoms. The van der Waals surface area contributed by atoms with Gasteiger partial charge in [-0.05, 0) is 0 Å². The number of benzene rings is 3. The molecule has 7 aromatic rings. The fourth-order valence-electron chi connectivity index (χ4n) is 11.0. The predicted molar refractivity (Wildman–Crippen MR) is 280 cm³/mol. The van der Waals surface area contributed by atoms with Gasteiger partial charge in [-0.2, -0.15) is 0 Å². The van der Waals surface area contributed by atoms with Crippen LogP contribution in [-0.2, 0) is 35.8 Å². The third-order valence-electron chi connectivity index (χ3n) is 14.1. The van der Waals surface area contributed by atoms with E-state index in [1.54, 1.807) is 30.9 Å². The van der Waals surface area contributed by atoms with E-state index in [0.29, 0.717) is 22.6 Å². The molecule has 2 aliphatic heterocycles. The van der Waals surface area contributed by atoms with Gasteiger partial charge in [-0.3, -0.25) is 0 Å². The zero-order chi connectivity index (χ0) is 53.3. The van der Waals surface area contributed by atoms with Gasteiger partial charge >= 0.3 is 434 Å². The number of hydrogen-bond acceptors (Lipinski definition) is 19. The van der Waals surface area contributed by atoms with E-state index in [-0.39, 0.29) is 78.2 Å².